The SMILES string of the molecule is CC(=O)OC[C@H]1O[C@@H](n2ccnc(C(=O)NC(=O)C(C)(C)C)c2=O)[C@H](OC(C)=O)[C@@H]1OC(C)=O. The van der Waals surface area contributed by atoms with Crippen LogP contribution in [-0.2, 0) is 38.1 Å². The standard InChI is InChI=1S/C21H27N3O10/c1-10(25)31-9-13-15(32-11(2)26)16(33-12(3)27)19(34-13)24-8-7-22-14(18(24)29)17(28)23-20(30)21(4,5)6/h7-8,13,15-16,19H,9H2,1-6H3,(H,23,28,30)/t13-,15-,16-,19-/m1/s1. The van der Waals surface area contributed by atoms with Crippen molar-refractivity contribution in [2.75, 3.05) is 6.61 Å². The van der Waals surface area contributed by atoms with Crippen molar-refractivity contribution in [3.63, 3.8) is 0 Å². The van der Waals surface area contributed by atoms with E-state index in [1.165, 1.54) is 6.20 Å². The molecule has 1 N–H and O–H groups in total. The maximum absolute atomic E-state index is 13.1. The van der Waals surface area contributed by atoms with Crippen molar-refractivity contribution in [1.29, 1.82) is 0 Å². The molecular formula is C21H27N3O10. The zero-order valence-corrected chi connectivity index (χ0v) is 19.6. The van der Waals surface area contributed by atoms with Crippen molar-refractivity contribution < 1.29 is 42.9 Å². The van der Waals surface area contributed by atoms with E-state index in [9.17, 15) is 28.8 Å². The summed E-state index contributed by atoms with van der Waals surface area (Å²) < 4.78 is 22.2. The number of amides is 2. The molecule has 0 unspecified atom stereocenters. The minimum absolute atomic E-state index is 0.366. The maximum atomic E-state index is 13.1. The zero-order valence-electron chi connectivity index (χ0n) is 19.6. The molecule has 1 aromatic heterocycles. The molecule has 4 atom stereocenters. The Morgan fingerprint density at radius 3 is 2.15 bits per heavy atom. The average molecular weight is 481 g/mol. The highest BCUT2D eigenvalue weighted by molar-refractivity contribution is 6.04. The molecule has 0 radical (unpaired) electrons. The van der Waals surface area contributed by atoms with Gasteiger partial charge in [0, 0.05) is 38.6 Å². The Morgan fingerprint density at radius 2 is 1.62 bits per heavy atom. The summed E-state index contributed by atoms with van der Waals surface area (Å²) >= 11 is 0. The number of imide groups is 1. The predicted octanol–water partition coefficient (Wildman–Crippen LogP) is -0.130. The molecule has 1 aromatic rings. The first-order valence-electron chi connectivity index (χ1n) is 10.3. The zero-order chi connectivity index (χ0) is 25.8. The highest BCUT2D eigenvalue weighted by atomic mass is 16.7. The second-order valence-corrected chi connectivity index (χ2v) is 8.54. The molecule has 13 heteroatoms. The topological polar surface area (TPSA) is 169 Å². The summed E-state index contributed by atoms with van der Waals surface area (Å²) in [5, 5.41) is 2.11. The molecule has 1 aliphatic heterocycles. The van der Waals surface area contributed by atoms with Crippen molar-refractivity contribution in [2.24, 2.45) is 5.41 Å². The van der Waals surface area contributed by atoms with Crippen LogP contribution < -0.4 is 10.9 Å². The number of ether oxygens (including phenoxy) is 4. The third kappa shape index (κ3) is 6.47. The van der Waals surface area contributed by atoms with E-state index < -0.39 is 70.9 Å². The minimum Gasteiger partial charge on any atom is -0.463 e. The molecule has 0 aliphatic carbocycles. The fraction of sp³-hybridized carbons (Fsp3) is 0.571. The van der Waals surface area contributed by atoms with Crippen LogP contribution >= 0.6 is 0 Å². The van der Waals surface area contributed by atoms with Crippen LogP contribution in [0.4, 0.5) is 0 Å². The van der Waals surface area contributed by atoms with Gasteiger partial charge in [-0.1, -0.05) is 20.8 Å². The molecule has 1 saturated heterocycles. The third-order valence-corrected chi connectivity index (χ3v) is 4.61. The summed E-state index contributed by atoms with van der Waals surface area (Å²) in [6.45, 7) is 7.77. The molecule has 1 fully saturated rings. The van der Waals surface area contributed by atoms with Gasteiger partial charge in [-0.2, -0.15) is 0 Å². The molecule has 0 spiro atoms. The van der Waals surface area contributed by atoms with E-state index in [-0.39, 0.29) is 6.61 Å². The van der Waals surface area contributed by atoms with Gasteiger partial charge in [0.1, 0.15) is 12.7 Å². The summed E-state index contributed by atoms with van der Waals surface area (Å²) in [7, 11) is 0. The Morgan fingerprint density at radius 1 is 1.03 bits per heavy atom. The number of nitrogens with zero attached hydrogens (tertiary/aromatic N) is 2. The van der Waals surface area contributed by atoms with Gasteiger partial charge in [-0.25, -0.2) is 4.98 Å². The lowest BCUT2D eigenvalue weighted by molar-refractivity contribution is -0.166. The van der Waals surface area contributed by atoms with Crippen molar-refractivity contribution in [1.82, 2.24) is 14.9 Å². The van der Waals surface area contributed by atoms with Crippen LogP contribution in [0, 0.1) is 5.41 Å². The fourth-order valence-corrected chi connectivity index (χ4v) is 3.05. The molecule has 2 rings (SSSR count). The van der Waals surface area contributed by atoms with E-state index in [0.717, 1.165) is 31.5 Å². The fourth-order valence-electron chi connectivity index (χ4n) is 3.05. The van der Waals surface area contributed by atoms with Crippen LogP contribution in [0.2, 0.25) is 0 Å². The Hall–Kier alpha value is -3.61. The van der Waals surface area contributed by atoms with E-state index in [2.05, 4.69) is 10.3 Å². The van der Waals surface area contributed by atoms with Crippen LogP contribution in [0.25, 0.3) is 0 Å². The number of nitrogens with one attached hydrogen (secondary N) is 1. The summed E-state index contributed by atoms with van der Waals surface area (Å²) in [6.07, 6.45) is -2.73. The molecule has 1 aliphatic rings. The number of carbonyl (C=O) groups is 5. The van der Waals surface area contributed by atoms with Crippen LogP contribution in [0.1, 0.15) is 58.3 Å². The first kappa shape index (κ1) is 26.6. The highest BCUT2D eigenvalue weighted by Gasteiger charge is 2.51. The quantitative estimate of drug-likeness (QED) is 0.424. The van der Waals surface area contributed by atoms with Gasteiger partial charge >= 0.3 is 17.9 Å². The molecule has 2 amide bonds. The van der Waals surface area contributed by atoms with Crippen LogP contribution in [-0.4, -0.2) is 64.2 Å². The van der Waals surface area contributed by atoms with Crippen LogP contribution in [0.5, 0.6) is 0 Å². The first-order chi connectivity index (χ1) is 15.7. The van der Waals surface area contributed by atoms with Gasteiger partial charge in [0.05, 0.1) is 0 Å². The van der Waals surface area contributed by atoms with Crippen molar-refractivity contribution in [3.05, 3.63) is 28.4 Å². The number of aromatic nitrogens is 2. The van der Waals surface area contributed by atoms with E-state index >= 15 is 0 Å². The molecular weight excluding hydrogens is 454 g/mol. The number of hydrogen-bond acceptors (Lipinski definition) is 11. The van der Waals surface area contributed by atoms with E-state index in [1.807, 2.05) is 0 Å². The lowest BCUT2D eigenvalue weighted by Gasteiger charge is -2.24. The van der Waals surface area contributed by atoms with E-state index in [1.54, 1.807) is 20.8 Å². The van der Waals surface area contributed by atoms with Gasteiger partial charge in [0.25, 0.3) is 11.5 Å². The van der Waals surface area contributed by atoms with Gasteiger partial charge in [-0.15, -0.1) is 0 Å². The monoisotopic (exact) mass is 481 g/mol. The Bertz CT molecular complexity index is 1040. The smallest absolute Gasteiger partial charge is 0.303 e. The van der Waals surface area contributed by atoms with E-state index in [4.69, 9.17) is 18.9 Å². The van der Waals surface area contributed by atoms with Gasteiger partial charge in [0.15, 0.2) is 24.1 Å². The second-order valence-electron chi connectivity index (χ2n) is 8.54. The molecule has 13 nitrogen and oxygen atoms in total. The molecule has 186 valence electrons. The first-order valence-corrected chi connectivity index (χ1v) is 10.3. The minimum atomic E-state index is -1.37. The van der Waals surface area contributed by atoms with Crippen LogP contribution in [0.3, 0.4) is 0 Å². The summed E-state index contributed by atoms with van der Waals surface area (Å²) in [4.78, 5) is 76.2. The summed E-state index contributed by atoms with van der Waals surface area (Å²) in [6, 6.07) is 0. The summed E-state index contributed by atoms with van der Waals surface area (Å²) in [5.41, 5.74) is -2.48. The highest BCUT2D eigenvalue weighted by Crippen LogP contribution is 2.33. The van der Waals surface area contributed by atoms with Gasteiger partial charge in [-0.3, -0.25) is 38.7 Å². The van der Waals surface area contributed by atoms with Crippen molar-refractivity contribution >= 4 is 29.7 Å². The van der Waals surface area contributed by atoms with Crippen molar-refractivity contribution in [2.45, 2.75) is 66.1 Å². The van der Waals surface area contributed by atoms with Gasteiger partial charge < -0.3 is 18.9 Å². The average Bonchev–Trinajstić information content (AvgIpc) is 3.01. The Labute approximate surface area is 194 Å². The largest absolute Gasteiger partial charge is 0.463 e. The van der Waals surface area contributed by atoms with E-state index in [0.29, 0.717) is 0 Å². The lowest BCUT2D eigenvalue weighted by Crippen LogP contribution is -2.44. The molecule has 0 bridgehead atoms. The number of esters is 3. The Balaban J connectivity index is 2.47. The molecule has 34 heavy (non-hydrogen) atoms. The molecule has 2 heterocycles. The number of hydrogen-bond donors (Lipinski definition) is 1. The van der Waals surface area contributed by atoms with Gasteiger partial charge in [0.2, 0.25) is 5.91 Å². The third-order valence-electron chi connectivity index (χ3n) is 4.61. The molecule has 0 saturated carbocycles. The Kier molecular flexibility index (Phi) is 8.26. The summed E-state index contributed by atoms with van der Waals surface area (Å²) in [5.74, 6) is -3.79. The van der Waals surface area contributed by atoms with Crippen molar-refractivity contribution in [3.8, 4) is 0 Å². The van der Waals surface area contributed by atoms with Crippen LogP contribution in [0.15, 0.2) is 17.2 Å². The lowest BCUT2D eigenvalue weighted by atomic mass is 9.96. The second kappa shape index (κ2) is 10.5. The van der Waals surface area contributed by atoms with Gasteiger partial charge in [-0.05, 0) is 0 Å². The number of carbonyl (C=O) groups excluding carboxylic acids is 5. The predicted molar refractivity (Wildman–Crippen MR) is 112 cm³/mol. The maximum Gasteiger partial charge on any atom is 0.303 e. The molecule has 0 aromatic carbocycles. The number of rotatable bonds is 6. The normalized spacial score (nSPS) is 21.9.